The van der Waals surface area contributed by atoms with Crippen molar-refractivity contribution in [1.82, 2.24) is 14.2 Å². The third-order valence-electron chi connectivity index (χ3n) is 5.77. The molecule has 0 bridgehead atoms. The number of para-hydroxylation sites is 1. The smallest absolute Gasteiger partial charge is 0.240 e. The first-order chi connectivity index (χ1) is 15.9. The van der Waals surface area contributed by atoms with Crippen molar-refractivity contribution in [3.63, 3.8) is 0 Å². The van der Waals surface area contributed by atoms with E-state index in [0.717, 1.165) is 33.6 Å². The van der Waals surface area contributed by atoms with E-state index in [1.165, 1.54) is 10.7 Å². The van der Waals surface area contributed by atoms with E-state index in [-0.39, 0.29) is 6.04 Å². The van der Waals surface area contributed by atoms with Crippen LogP contribution in [-0.4, -0.2) is 34.6 Å². The van der Waals surface area contributed by atoms with Crippen LogP contribution >= 0.6 is 0 Å². The second-order valence-electron chi connectivity index (χ2n) is 8.25. The topological polar surface area (TPSA) is 67.6 Å². The van der Waals surface area contributed by atoms with Gasteiger partial charge in [-0.25, -0.2) is 13.1 Å². The summed E-state index contributed by atoms with van der Waals surface area (Å²) in [4.78, 5) is 0. The lowest BCUT2D eigenvalue weighted by molar-refractivity contribution is 0.375. The Balaban J connectivity index is 1.64. The third-order valence-corrected chi connectivity index (χ3v) is 6.78. The predicted molar refractivity (Wildman–Crippen MR) is 131 cm³/mol. The number of hydrogen-bond donors (Lipinski definition) is 0. The van der Waals surface area contributed by atoms with Crippen LogP contribution in [0.15, 0.2) is 96.2 Å². The van der Waals surface area contributed by atoms with Crippen LogP contribution in [0.25, 0.3) is 16.9 Å². The number of aryl methyl sites for hydroxylation is 1. The molecule has 7 heteroatoms. The summed E-state index contributed by atoms with van der Waals surface area (Å²) in [6.07, 6.45) is 3.61. The number of hydrazone groups is 1. The summed E-state index contributed by atoms with van der Waals surface area (Å²) in [5, 5.41) is 9.48. The molecule has 1 atom stereocenters. The number of aromatic nitrogens is 2. The Morgan fingerprint density at radius 3 is 2.15 bits per heavy atom. The van der Waals surface area contributed by atoms with Gasteiger partial charge in [0.15, 0.2) is 0 Å². The van der Waals surface area contributed by atoms with Crippen molar-refractivity contribution in [3.8, 4) is 16.9 Å². The van der Waals surface area contributed by atoms with Gasteiger partial charge in [-0.15, -0.1) is 0 Å². The number of hydrogen-bond acceptors (Lipinski definition) is 4. The highest BCUT2D eigenvalue weighted by molar-refractivity contribution is 7.88. The first-order valence-electron chi connectivity index (χ1n) is 10.7. The van der Waals surface area contributed by atoms with E-state index in [1.54, 1.807) is 0 Å². The lowest BCUT2D eigenvalue weighted by Gasteiger charge is -2.21. The Labute approximate surface area is 193 Å². The van der Waals surface area contributed by atoms with Gasteiger partial charge in [0.05, 0.1) is 23.7 Å². The van der Waals surface area contributed by atoms with Crippen molar-refractivity contribution in [1.29, 1.82) is 0 Å². The van der Waals surface area contributed by atoms with Gasteiger partial charge in [-0.3, -0.25) is 0 Å². The van der Waals surface area contributed by atoms with Crippen LogP contribution in [0.2, 0.25) is 0 Å². The lowest BCUT2D eigenvalue weighted by atomic mass is 9.97. The molecule has 0 saturated carbocycles. The summed E-state index contributed by atoms with van der Waals surface area (Å²) in [5.41, 5.74) is 6.27. The fourth-order valence-corrected chi connectivity index (χ4v) is 5.01. The van der Waals surface area contributed by atoms with Gasteiger partial charge < -0.3 is 0 Å². The second kappa shape index (κ2) is 8.33. The maximum absolute atomic E-state index is 12.6. The second-order valence-corrected chi connectivity index (χ2v) is 10.1. The first kappa shape index (κ1) is 21.2. The molecule has 0 saturated heterocycles. The molecule has 2 heterocycles. The Kier molecular flexibility index (Phi) is 5.34. The summed E-state index contributed by atoms with van der Waals surface area (Å²) in [6.45, 7) is 2.04. The summed E-state index contributed by atoms with van der Waals surface area (Å²) >= 11 is 0. The van der Waals surface area contributed by atoms with Gasteiger partial charge in [-0.05, 0) is 24.6 Å². The normalized spacial score (nSPS) is 16.1. The number of nitrogens with zero attached hydrogens (tertiary/aromatic N) is 4. The molecule has 0 fully saturated rings. The zero-order valence-electron chi connectivity index (χ0n) is 18.5. The summed E-state index contributed by atoms with van der Waals surface area (Å²) < 4.78 is 28.3. The molecule has 0 aliphatic carbocycles. The minimum atomic E-state index is -3.55. The van der Waals surface area contributed by atoms with Gasteiger partial charge in [0.2, 0.25) is 10.0 Å². The molecule has 3 aromatic carbocycles. The van der Waals surface area contributed by atoms with E-state index in [4.69, 9.17) is 5.10 Å². The Morgan fingerprint density at radius 1 is 0.879 bits per heavy atom. The molecule has 33 heavy (non-hydrogen) atoms. The van der Waals surface area contributed by atoms with Crippen LogP contribution < -0.4 is 0 Å². The predicted octanol–water partition coefficient (Wildman–Crippen LogP) is 4.96. The fourth-order valence-electron chi connectivity index (χ4n) is 4.10. The molecule has 6 nitrogen and oxygen atoms in total. The molecule has 1 aliphatic heterocycles. The van der Waals surface area contributed by atoms with Crippen molar-refractivity contribution in [2.75, 3.05) is 6.26 Å². The van der Waals surface area contributed by atoms with Crippen LogP contribution in [0.5, 0.6) is 0 Å². The van der Waals surface area contributed by atoms with E-state index < -0.39 is 10.0 Å². The van der Waals surface area contributed by atoms with E-state index in [1.807, 2.05) is 103 Å². The molecule has 0 N–H and O–H groups in total. The quantitative estimate of drug-likeness (QED) is 0.426. The molecule has 0 spiro atoms. The fraction of sp³-hybridized carbons (Fsp3) is 0.154. The van der Waals surface area contributed by atoms with Gasteiger partial charge in [-0.2, -0.15) is 14.6 Å². The summed E-state index contributed by atoms with van der Waals surface area (Å²) in [6, 6.07) is 27.3. The number of rotatable bonds is 5. The SMILES string of the molecule is Cc1ccc(-c2nn(-c3ccccc3)cc2C2=NN(S(C)(=O)=O)[C@H](c3ccccc3)C2)cc1. The van der Waals surface area contributed by atoms with E-state index in [0.29, 0.717) is 12.1 Å². The number of sulfonamides is 1. The zero-order chi connectivity index (χ0) is 23.0. The molecule has 0 radical (unpaired) electrons. The number of benzene rings is 3. The largest absolute Gasteiger partial charge is 0.247 e. The van der Waals surface area contributed by atoms with Crippen molar-refractivity contribution in [3.05, 3.63) is 108 Å². The minimum Gasteiger partial charge on any atom is -0.240 e. The van der Waals surface area contributed by atoms with Gasteiger partial charge in [0, 0.05) is 23.7 Å². The van der Waals surface area contributed by atoms with Gasteiger partial charge >= 0.3 is 0 Å². The molecule has 1 aliphatic rings. The van der Waals surface area contributed by atoms with Crippen molar-refractivity contribution in [2.24, 2.45) is 5.10 Å². The monoisotopic (exact) mass is 456 g/mol. The zero-order valence-corrected chi connectivity index (χ0v) is 19.3. The first-order valence-corrected chi connectivity index (χ1v) is 12.6. The average molecular weight is 457 g/mol. The molecular weight excluding hydrogens is 432 g/mol. The maximum atomic E-state index is 12.6. The molecule has 5 rings (SSSR count). The van der Waals surface area contributed by atoms with Crippen LogP contribution in [0.4, 0.5) is 0 Å². The standard InChI is InChI=1S/C26H24N4O2S/c1-19-13-15-21(16-14-19)26-23(18-29(28-26)22-11-7-4-8-12-22)24-17-25(20-9-5-3-6-10-20)30(27-24)33(2,31)32/h3-16,18,25H,17H2,1-2H3/t25-/m0/s1. The summed E-state index contributed by atoms with van der Waals surface area (Å²) in [7, 11) is -3.55. The Morgan fingerprint density at radius 2 is 1.52 bits per heavy atom. The van der Waals surface area contributed by atoms with Gasteiger partial charge in [0.1, 0.15) is 5.69 Å². The molecule has 0 unspecified atom stereocenters. The van der Waals surface area contributed by atoms with Crippen molar-refractivity contribution >= 4 is 15.7 Å². The van der Waals surface area contributed by atoms with E-state index >= 15 is 0 Å². The highest BCUT2D eigenvalue weighted by Gasteiger charge is 2.36. The van der Waals surface area contributed by atoms with Crippen LogP contribution in [0.1, 0.15) is 29.2 Å². The van der Waals surface area contributed by atoms with Crippen molar-refractivity contribution in [2.45, 2.75) is 19.4 Å². The maximum Gasteiger partial charge on any atom is 0.247 e. The van der Waals surface area contributed by atoms with Crippen LogP contribution in [0.3, 0.4) is 0 Å². The molecule has 4 aromatic rings. The highest BCUT2D eigenvalue weighted by atomic mass is 32.2. The van der Waals surface area contributed by atoms with Gasteiger partial charge in [0.25, 0.3) is 0 Å². The van der Waals surface area contributed by atoms with Crippen LogP contribution in [0, 0.1) is 6.92 Å². The average Bonchev–Trinajstić information content (AvgIpc) is 3.46. The van der Waals surface area contributed by atoms with Gasteiger partial charge in [-0.1, -0.05) is 78.4 Å². The summed E-state index contributed by atoms with van der Waals surface area (Å²) in [5.74, 6) is 0. The molecule has 1 aromatic heterocycles. The highest BCUT2D eigenvalue weighted by Crippen LogP contribution is 2.37. The van der Waals surface area contributed by atoms with E-state index in [2.05, 4.69) is 5.10 Å². The van der Waals surface area contributed by atoms with Crippen molar-refractivity contribution < 1.29 is 8.42 Å². The lowest BCUT2D eigenvalue weighted by Crippen LogP contribution is -2.25. The Bertz CT molecular complexity index is 1410. The minimum absolute atomic E-state index is 0.387. The third kappa shape index (κ3) is 4.19. The van der Waals surface area contributed by atoms with Crippen LogP contribution in [-0.2, 0) is 10.0 Å². The Hall–Kier alpha value is -3.71. The van der Waals surface area contributed by atoms with E-state index in [9.17, 15) is 8.42 Å². The molecule has 0 amide bonds. The molecule has 166 valence electrons. The molecular formula is C26H24N4O2S.